The van der Waals surface area contributed by atoms with Gasteiger partial charge in [0.15, 0.2) is 0 Å². The minimum atomic E-state index is -4.49. The molecule has 0 spiro atoms. The summed E-state index contributed by atoms with van der Waals surface area (Å²) in [6.45, 7) is -0.142. The molecule has 1 unspecified atom stereocenters. The van der Waals surface area contributed by atoms with E-state index in [1.165, 1.54) is 0 Å². The van der Waals surface area contributed by atoms with E-state index in [4.69, 9.17) is 4.74 Å². The van der Waals surface area contributed by atoms with Crippen LogP contribution in [0.4, 0.5) is 13.2 Å². The topological polar surface area (TPSA) is 29.5 Å². The minimum Gasteiger partial charge on any atom is -0.460 e. The SMILES string of the molecule is O=C(OCc1ccccc1)C1CCCCN1C(F)(F)F. The Morgan fingerprint density at radius 1 is 1.25 bits per heavy atom. The fourth-order valence-electron chi connectivity index (χ4n) is 2.30. The van der Waals surface area contributed by atoms with Gasteiger partial charge in [-0.05, 0) is 18.4 Å². The average molecular weight is 287 g/mol. The number of piperidine rings is 1. The molecule has 0 N–H and O–H groups in total. The van der Waals surface area contributed by atoms with Gasteiger partial charge in [0.05, 0.1) is 0 Å². The number of rotatable bonds is 3. The smallest absolute Gasteiger partial charge is 0.460 e. The van der Waals surface area contributed by atoms with Gasteiger partial charge in [0.2, 0.25) is 0 Å². The van der Waals surface area contributed by atoms with Crippen molar-refractivity contribution in [2.24, 2.45) is 0 Å². The summed E-state index contributed by atoms with van der Waals surface area (Å²) in [6.07, 6.45) is -3.25. The summed E-state index contributed by atoms with van der Waals surface area (Å²) in [5, 5.41) is 0. The Kier molecular flexibility index (Phi) is 4.65. The van der Waals surface area contributed by atoms with Gasteiger partial charge in [-0.15, -0.1) is 0 Å². The van der Waals surface area contributed by atoms with Gasteiger partial charge in [-0.2, -0.15) is 13.2 Å². The van der Waals surface area contributed by atoms with Crippen LogP contribution in [0.15, 0.2) is 30.3 Å². The molecule has 1 aliphatic heterocycles. The van der Waals surface area contributed by atoms with E-state index in [1.54, 1.807) is 24.3 Å². The summed E-state index contributed by atoms with van der Waals surface area (Å²) < 4.78 is 43.5. The Bertz CT molecular complexity index is 447. The number of alkyl halides is 3. The molecule has 0 aromatic heterocycles. The second-order valence-corrected chi connectivity index (χ2v) is 4.77. The zero-order chi connectivity index (χ0) is 14.6. The van der Waals surface area contributed by atoms with Crippen LogP contribution in [0.5, 0.6) is 0 Å². The van der Waals surface area contributed by atoms with Crippen molar-refractivity contribution < 1.29 is 22.7 Å². The van der Waals surface area contributed by atoms with E-state index < -0.39 is 18.3 Å². The number of esters is 1. The van der Waals surface area contributed by atoms with Gasteiger partial charge >= 0.3 is 12.3 Å². The number of carbonyl (C=O) groups excluding carboxylic acids is 1. The first-order valence-electron chi connectivity index (χ1n) is 6.52. The molecule has 0 saturated carbocycles. The Balaban J connectivity index is 1.96. The van der Waals surface area contributed by atoms with E-state index in [2.05, 4.69) is 0 Å². The van der Waals surface area contributed by atoms with Crippen molar-refractivity contribution >= 4 is 5.97 Å². The largest absolute Gasteiger partial charge is 0.460 e. The van der Waals surface area contributed by atoms with Crippen LogP contribution < -0.4 is 0 Å². The quantitative estimate of drug-likeness (QED) is 0.632. The van der Waals surface area contributed by atoms with Crippen LogP contribution in [0.3, 0.4) is 0 Å². The van der Waals surface area contributed by atoms with Crippen molar-refractivity contribution in [3.8, 4) is 0 Å². The standard InChI is InChI=1S/C14H16F3NO2/c15-14(16,17)18-9-5-4-8-12(18)13(19)20-10-11-6-2-1-3-7-11/h1-3,6-7,12H,4-5,8-10H2. The molecular weight excluding hydrogens is 271 g/mol. The molecule has 1 aromatic rings. The van der Waals surface area contributed by atoms with Crippen LogP contribution in [-0.4, -0.2) is 29.8 Å². The molecule has 6 heteroatoms. The first kappa shape index (κ1) is 14.8. The second kappa shape index (κ2) is 6.26. The normalized spacial score (nSPS) is 20.6. The van der Waals surface area contributed by atoms with Crippen molar-refractivity contribution in [2.75, 3.05) is 6.54 Å². The van der Waals surface area contributed by atoms with Crippen molar-refractivity contribution in [2.45, 2.75) is 38.2 Å². The number of hydrogen-bond acceptors (Lipinski definition) is 3. The van der Waals surface area contributed by atoms with Gasteiger partial charge in [0.25, 0.3) is 0 Å². The van der Waals surface area contributed by atoms with Crippen molar-refractivity contribution in [3.05, 3.63) is 35.9 Å². The number of halogens is 3. The van der Waals surface area contributed by atoms with Crippen molar-refractivity contribution in [1.29, 1.82) is 0 Å². The molecular formula is C14H16F3NO2. The Hall–Kier alpha value is -1.56. The van der Waals surface area contributed by atoms with Gasteiger partial charge < -0.3 is 4.74 Å². The number of nitrogens with zero attached hydrogens (tertiary/aromatic N) is 1. The van der Waals surface area contributed by atoms with E-state index in [0.717, 1.165) is 5.56 Å². The van der Waals surface area contributed by atoms with Crippen molar-refractivity contribution in [3.63, 3.8) is 0 Å². The van der Waals surface area contributed by atoms with E-state index in [1.807, 2.05) is 6.07 Å². The monoisotopic (exact) mass is 287 g/mol. The third-order valence-electron chi connectivity index (χ3n) is 3.32. The fraction of sp³-hybridized carbons (Fsp3) is 0.500. The number of benzene rings is 1. The molecule has 1 aromatic carbocycles. The summed E-state index contributed by atoms with van der Waals surface area (Å²) in [5.41, 5.74) is 0.759. The van der Waals surface area contributed by atoms with Gasteiger partial charge in [0, 0.05) is 6.54 Å². The first-order valence-corrected chi connectivity index (χ1v) is 6.52. The molecule has 2 rings (SSSR count). The fourth-order valence-corrected chi connectivity index (χ4v) is 2.30. The van der Waals surface area contributed by atoms with Gasteiger partial charge in [0.1, 0.15) is 12.6 Å². The maximum atomic E-state index is 12.8. The van der Waals surface area contributed by atoms with Crippen LogP contribution in [0.2, 0.25) is 0 Å². The highest BCUT2D eigenvalue weighted by Gasteiger charge is 2.46. The second-order valence-electron chi connectivity index (χ2n) is 4.77. The van der Waals surface area contributed by atoms with E-state index >= 15 is 0 Å². The van der Waals surface area contributed by atoms with Gasteiger partial charge in [-0.25, -0.2) is 4.90 Å². The molecule has 1 saturated heterocycles. The lowest BCUT2D eigenvalue weighted by Gasteiger charge is -2.34. The van der Waals surface area contributed by atoms with Crippen LogP contribution in [0, 0.1) is 0 Å². The molecule has 0 bridgehead atoms. The maximum Gasteiger partial charge on any atom is 0.460 e. The number of likely N-dealkylation sites (tertiary alicyclic amines) is 1. The lowest BCUT2D eigenvalue weighted by atomic mass is 10.0. The predicted molar refractivity (Wildman–Crippen MR) is 66.6 cm³/mol. The molecule has 1 aliphatic rings. The zero-order valence-corrected chi connectivity index (χ0v) is 10.9. The summed E-state index contributed by atoms with van der Waals surface area (Å²) in [4.78, 5) is 12.1. The lowest BCUT2D eigenvalue weighted by molar-refractivity contribution is -0.265. The third-order valence-corrected chi connectivity index (χ3v) is 3.32. The summed E-state index contributed by atoms with van der Waals surface area (Å²) in [7, 11) is 0. The van der Waals surface area contributed by atoms with Crippen LogP contribution in [-0.2, 0) is 16.1 Å². The van der Waals surface area contributed by atoms with Crippen LogP contribution >= 0.6 is 0 Å². The maximum absolute atomic E-state index is 12.8. The van der Waals surface area contributed by atoms with Crippen LogP contribution in [0.1, 0.15) is 24.8 Å². The lowest BCUT2D eigenvalue weighted by Crippen LogP contribution is -2.52. The Labute approximate surface area is 115 Å². The third kappa shape index (κ3) is 3.72. The summed E-state index contributed by atoms with van der Waals surface area (Å²) in [5.74, 6) is -0.800. The molecule has 0 aliphatic carbocycles. The van der Waals surface area contributed by atoms with Crippen molar-refractivity contribution in [1.82, 2.24) is 4.90 Å². The number of hydrogen-bond donors (Lipinski definition) is 0. The number of carbonyl (C=O) groups is 1. The molecule has 20 heavy (non-hydrogen) atoms. The van der Waals surface area contributed by atoms with E-state index in [0.29, 0.717) is 12.8 Å². The molecule has 110 valence electrons. The predicted octanol–water partition coefficient (Wildman–Crippen LogP) is 3.10. The molecule has 1 atom stereocenters. The molecule has 3 nitrogen and oxygen atoms in total. The Morgan fingerprint density at radius 3 is 2.60 bits per heavy atom. The highest BCUT2D eigenvalue weighted by atomic mass is 19.4. The van der Waals surface area contributed by atoms with E-state index in [9.17, 15) is 18.0 Å². The molecule has 0 radical (unpaired) electrons. The summed E-state index contributed by atoms with van der Waals surface area (Å²) in [6, 6.07) is 7.69. The average Bonchev–Trinajstić information content (AvgIpc) is 2.45. The molecule has 0 amide bonds. The van der Waals surface area contributed by atoms with E-state index in [-0.39, 0.29) is 24.5 Å². The summed E-state index contributed by atoms with van der Waals surface area (Å²) >= 11 is 0. The highest BCUT2D eigenvalue weighted by Crippen LogP contribution is 2.30. The minimum absolute atomic E-state index is 0.00186. The van der Waals surface area contributed by atoms with Crippen LogP contribution in [0.25, 0.3) is 0 Å². The highest BCUT2D eigenvalue weighted by molar-refractivity contribution is 5.76. The Morgan fingerprint density at radius 2 is 1.95 bits per heavy atom. The first-order chi connectivity index (χ1) is 9.48. The van der Waals surface area contributed by atoms with Gasteiger partial charge in [-0.1, -0.05) is 36.8 Å². The molecule has 1 heterocycles. The zero-order valence-electron chi connectivity index (χ0n) is 10.9. The van der Waals surface area contributed by atoms with Gasteiger partial charge in [-0.3, -0.25) is 4.79 Å². The molecule has 1 fully saturated rings. The number of ether oxygens (including phenoxy) is 1.